The number of fused-ring (bicyclic) bond motifs is 1. The topological polar surface area (TPSA) is 80.3 Å². The van der Waals surface area contributed by atoms with Crippen molar-refractivity contribution in [3.8, 4) is 5.75 Å². The van der Waals surface area contributed by atoms with Crippen molar-refractivity contribution in [1.29, 1.82) is 0 Å². The Morgan fingerprint density at radius 1 is 1.10 bits per heavy atom. The minimum absolute atomic E-state index is 0.147. The Labute approximate surface area is 171 Å². The van der Waals surface area contributed by atoms with Crippen molar-refractivity contribution in [1.82, 2.24) is 5.32 Å². The second-order valence-corrected chi connectivity index (χ2v) is 7.83. The van der Waals surface area contributed by atoms with Crippen LogP contribution in [0.2, 0.25) is 0 Å². The summed E-state index contributed by atoms with van der Waals surface area (Å²) < 4.78 is 16.8. The highest BCUT2D eigenvalue weighted by molar-refractivity contribution is 6.02. The summed E-state index contributed by atoms with van der Waals surface area (Å²) in [5.41, 5.74) is 2.04. The molecule has 1 unspecified atom stereocenters. The lowest BCUT2D eigenvalue weighted by molar-refractivity contribution is -0.141. The van der Waals surface area contributed by atoms with E-state index in [0.717, 1.165) is 43.1 Å². The summed E-state index contributed by atoms with van der Waals surface area (Å²) in [4.78, 5) is 28.2. The molecule has 0 aromatic heterocycles. The number of hydrogen-bond acceptors (Lipinski definition) is 7. The molecule has 0 spiro atoms. The van der Waals surface area contributed by atoms with E-state index in [1.165, 1.54) is 0 Å². The Balaban J connectivity index is 1.46. The number of rotatable bonds is 5. The Hall–Kier alpha value is -2.32. The van der Waals surface area contributed by atoms with Crippen LogP contribution in [-0.4, -0.2) is 64.6 Å². The number of carbonyl (C=O) groups is 2. The van der Waals surface area contributed by atoms with E-state index in [0.29, 0.717) is 31.9 Å². The molecule has 1 N–H and O–H groups in total. The minimum atomic E-state index is -0.322. The first-order chi connectivity index (χ1) is 14.1. The molecule has 8 heteroatoms. The average molecular weight is 403 g/mol. The standard InChI is InChI=1S/C21H29N3O5/c1-27-21(28-2)14-7-9-23(10-8-14)15-3-4-16-18(13-15)29-12-11-24(16)17-5-6-19(25)22-20(17)26/h3-4,13-14,17,21H,5-12H2,1-2H3,(H,22,25,26). The molecule has 1 aromatic carbocycles. The van der Waals surface area contributed by atoms with Crippen LogP contribution in [0.3, 0.4) is 0 Å². The van der Waals surface area contributed by atoms with Gasteiger partial charge in [0.25, 0.3) is 0 Å². The molecule has 29 heavy (non-hydrogen) atoms. The molecule has 3 aliphatic heterocycles. The normalized spacial score (nSPS) is 23.1. The van der Waals surface area contributed by atoms with E-state index in [4.69, 9.17) is 14.2 Å². The zero-order valence-electron chi connectivity index (χ0n) is 17.1. The summed E-state index contributed by atoms with van der Waals surface area (Å²) in [7, 11) is 3.38. The fourth-order valence-electron chi connectivity index (χ4n) is 4.64. The van der Waals surface area contributed by atoms with Gasteiger partial charge in [0.15, 0.2) is 6.29 Å². The summed E-state index contributed by atoms with van der Waals surface area (Å²) in [6, 6.07) is 5.87. The largest absolute Gasteiger partial charge is 0.489 e. The van der Waals surface area contributed by atoms with Crippen LogP contribution in [0, 0.1) is 5.92 Å². The van der Waals surface area contributed by atoms with Gasteiger partial charge in [-0.1, -0.05) is 0 Å². The van der Waals surface area contributed by atoms with Gasteiger partial charge in [0.05, 0.1) is 12.2 Å². The molecule has 0 saturated carbocycles. The monoisotopic (exact) mass is 403 g/mol. The van der Waals surface area contributed by atoms with Crippen molar-refractivity contribution in [3.05, 3.63) is 18.2 Å². The number of anilines is 2. The van der Waals surface area contributed by atoms with Gasteiger partial charge in [-0.05, 0) is 31.4 Å². The van der Waals surface area contributed by atoms with E-state index in [1.54, 1.807) is 14.2 Å². The molecule has 1 aromatic rings. The quantitative estimate of drug-likeness (QED) is 0.590. The number of amides is 2. The van der Waals surface area contributed by atoms with E-state index in [2.05, 4.69) is 27.2 Å². The second-order valence-electron chi connectivity index (χ2n) is 7.83. The van der Waals surface area contributed by atoms with Gasteiger partial charge in [0.1, 0.15) is 18.4 Å². The lowest BCUT2D eigenvalue weighted by Gasteiger charge is -2.39. The third-order valence-corrected chi connectivity index (χ3v) is 6.18. The number of nitrogens with one attached hydrogen (secondary N) is 1. The number of piperidine rings is 2. The number of hydrogen-bond donors (Lipinski definition) is 1. The number of imide groups is 1. The van der Waals surface area contributed by atoms with Gasteiger partial charge in [0.2, 0.25) is 11.8 Å². The molecule has 0 aliphatic carbocycles. The van der Waals surface area contributed by atoms with Crippen LogP contribution in [0.5, 0.6) is 5.75 Å². The third-order valence-electron chi connectivity index (χ3n) is 6.18. The molecule has 3 aliphatic rings. The lowest BCUT2D eigenvalue weighted by atomic mass is 9.95. The minimum Gasteiger partial charge on any atom is -0.489 e. The molecule has 158 valence electrons. The average Bonchev–Trinajstić information content (AvgIpc) is 2.74. The molecule has 8 nitrogen and oxygen atoms in total. The van der Waals surface area contributed by atoms with Crippen molar-refractivity contribution in [2.24, 2.45) is 5.92 Å². The first-order valence-corrected chi connectivity index (χ1v) is 10.3. The van der Waals surface area contributed by atoms with Crippen LogP contribution in [0.25, 0.3) is 0 Å². The van der Waals surface area contributed by atoms with Gasteiger partial charge in [-0.15, -0.1) is 0 Å². The smallest absolute Gasteiger partial charge is 0.249 e. The summed E-state index contributed by atoms with van der Waals surface area (Å²) in [6.45, 7) is 3.03. The van der Waals surface area contributed by atoms with Gasteiger partial charge in [-0.2, -0.15) is 0 Å². The van der Waals surface area contributed by atoms with E-state index in [9.17, 15) is 9.59 Å². The number of carbonyl (C=O) groups excluding carboxylic acids is 2. The number of ether oxygens (including phenoxy) is 3. The Bertz CT molecular complexity index is 759. The van der Waals surface area contributed by atoms with E-state index in [1.807, 2.05) is 6.07 Å². The SMILES string of the molecule is COC(OC)C1CCN(c2ccc3c(c2)OCCN3C2CCC(=O)NC2=O)CC1. The molecule has 2 saturated heterocycles. The highest BCUT2D eigenvalue weighted by atomic mass is 16.7. The molecular weight excluding hydrogens is 374 g/mol. The molecule has 2 fully saturated rings. The zero-order chi connectivity index (χ0) is 20.4. The van der Waals surface area contributed by atoms with Crippen molar-refractivity contribution in [2.45, 2.75) is 38.0 Å². The fourth-order valence-corrected chi connectivity index (χ4v) is 4.64. The van der Waals surface area contributed by atoms with Gasteiger partial charge < -0.3 is 24.0 Å². The molecule has 0 bridgehead atoms. The maximum Gasteiger partial charge on any atom is 0.249 e. The predicted octanol–water partition coefficient (Wildman–Crippen LogP) is 1.53. The molecule has 3 heterocycles. The first kappa shape index (κ1) is 20.0. The van der Waals surface area contributed by atoms with Crippen LogP contribution in [0.4, 0.5) is 11.4 Å². The predicted molar refractivity (Wildman–Crippen MR) is 108 cm³/mol. The molecule has 0 radical (unpaired) electrons. The van der Waals surface area contributed by atoms with E-state index >= 15 is 0 Å². The van der Waals surface area contributed by atoms with Crippen molar-refractivity contribution < 1.29 is 23.8 Å². The summed E-state index contributed by atoms with van der Waals surface area (Å²) in [6.07, 6.45) is 2.78. The number of benzene rings is 1. The van der Waals surface area contributed by atoms with Gasteiger partial charge in [-0.25, -0.2) is 0 Å². The number of methoxy groups -OCH3 is 2. The Kier molecular flexibility index (Phi) is 5.91. The highest BCUT2D eigenvalue weighted by Gasteiger charge is 2.35. The Morgan fingerprint density at radius 3 is 2.55 bits per heavy atom. The van der Waals surface area contributed by atoms with Gasteiger partial charge in [0, 0.05) is 51.4 Å². The third kappa shape index (κ3) is 4.04. The summed E-state index contributed by atoms with van der Waals surface area (Å²) >= 11 is 0. The van der Waals surface area contributed by atoms with Gasteiger partial charge in [-0.3, -0.25) is 14.9 Å². The van der Waals surface area contributed by atoms with E-state index in [-0.39, 0.29) is 24.1 Å². The van der Waals surface area contributed by atoms with Crippen molar-refractivity contribution >= 4 is 23.2 Å². The van der Waals surface area contributed by atoms with Crippen molar-refractivity contribution in [2.75, 3.05) is 50.3 Å². The lowest BCUT2D eigenvalue weighted by Crippen LogP contribution is -2.54. The summed E-state index contributed by atoms with van der Waals surface area (Å²) in [5, 5.41) is 2.45. The summed E-state index contributed by atoms with van der Waals surface area (Å²) in [5.74, 6) is 0.791. The molecule has 2 amide bonds. The fraction of sp³-hybridized carbons (Fsp3) is 0.619. The van der Waals surface area contributed by atoms with Crippen LogP contribution < -0.4 is 19.9 Å². The molecular formula is C21H29N3O5. The highest BCUT2D eigenvalue weighted by Crippen LogP contribution is 2.38. The van der Waals surface area contributed by atoms with Gasteiger partial charge >= 0.3 is 0 Å². The maximum atomic E-state index is 12.3. The van der Waals surface area contributed by atoms with Crippen LogP contribution in [0.1, 0.15) is 25.7 Å². The van der Waals surface area contributed by atoms with E-state index < -0.39 is 0 Å². The zero-order valence-corrected chi connectivity index (χ0v) is 17.1. The van der Waals surface area contributed by atoms with Crippen LogP contribution in [0.15, 0.2) is 18.2 Å². The van der Waals surface area contributed by atoms with Crippen molar-refractivity contribution in [3.63, 3.8) is 0 Å². The first-order valence-electron chi connectivity index (χ1n) is 10.3. The Morgan fingerprint density at radius 2 is 1.86 bits per heavy atom. The van der Waals surface area contributed by atoms with Crippen LogP contribution in [-0.2, 0) is 19.1 Å². The molecule has 4 rings (SSSR count). The molecule has 1 atom stereocenters. The maximum absolute atomic E-state index is 12.3. The van der Waals surface area contributed by atoms with Crippen LogP contribution >= 0.6 is 0 Å². The number of nitrogens with zero attached hydrogens (tertiary/aromatic N) is 2. The second kappa shape index (κ2) is 8.59.